The molecule has 3 aliphatic rings. The molecule has 6 heteroatoms. The molecule has 2 heterocycles. The van der Waals surface area contributed by atoms with Crippen molar-refractivity contribution >= 4 is 23.3 Å². The minimum absolute atomic E-state index is 0.191. The van der Waals surface area contributed by atoms with E-state index in [2.05, 4.69) is 21.6 Å². The second-order valence-corrected chi connectivity index (χ2v) is 7.39. The first-order valence-electron chi connectivity index (χ1n) is 9.39. The number of nitrogens with one attached hydrogen (secondary N) is 2. The summed E-state index contributed by atoms with van der Waals surface area (Å²) in [6.07, 6.45) is 5.24. The zero-order valence-corrected chi connectivity index (χ0v) is 14.5. The summed E-state index contributed by atoms with van der Waals surface area (Å²) in [5.41, 5.74) is 1.94. The zero-order valence-electron chi connectivity index (χ0n) is 14.5. The number of hydrogen-bond donors (Lipinski definition) is 2. The van der Waals surface area contributed by atoms with Crippen LogP contribution in [0.3, 0.4) is 0 Å². The highest BCUT2D eigenvalue weighted by atomic mass is 16.2. The highest BCUT2D eigenvalue weighted by molar-refractivity contribution is 5.93. The number of amides is 3. The van der Waals surface area contributed by atoms with Crippen LogP contribution >= 0.6 is 0 Å². The van der Waals surface area contributed by atoms with E-state index in [1.165, 1.54) is 12.8 Å². The number of benzene rings is 1. The lowest BCUT2D eigenvalue weighted by molar-refractivity contribution is -0.128. The molecule has 3 fully saturated rings. The van der Waals surface area contributed by atoms with Crippen LogP contribution in [-0.2, 0) is 4.79 Å². The summed E-state index contributed by atoms with van der Waals surface area (Å²) in [5.74, 6) is 0.474. The second-order valence-electron chi connectivity index (χ2n) is 7.39. The molecule has 1 saturated carbocycles. The minimum atomic E-state index is -0.191. The molecule has 2 saturated heterocycles. The van der Waals surface area contributed by atoms with Gasteiger partial charge < -0.3 is 20.4 Å². The molecule has 3 amide bonds. The maximum atomic E-state index is 12.3. The zero-order chi connectivity index (χ0) is 17.2. The van der Waals surface area contributed by atoms with Gasteiger partial charge in [0.05, 0.1) is 11.4 Å². The van der Waals surface area contributed by atoms with Gasteiger partial charge in [-0.15, -0.1) is 0 Å². The Hall–Kier alpha value is -2.24. The Morgan fingerprint density at radius 2 is 1.92 bits per heavy atom. The maximum absolute atomic E-state index is 12.3. The second kappa shape index (κ2) is 6.94. The molecule has 134 valence electrons. The lowest BCUT2D eigenvalue weighted by atomic mass is 10.1. The lowest BCUT2D eigenvalue weighted by Gasteiger charge is -2.22. The van der Waals surface area contributed by atoms with Gasteiger partial charge in [-0.25, -0.2) is 4.79 Å². The van der Waals surface area contributed by atoms with Gasteiger partial charge in [0.25, 0.3) is 0 Å². The first kappa shape index (κ1) is 16.2. The standard InChI is InChI=1S/C19H26N4O2/c24-18-11-14(13-23(18)15-7-8-15)12-20-19(25)21-16-5-1-2-6-17(16)22-9-3-4-10-22/h1-2,5-6,14-15H,3-4,7-13H2,(H2,20,21,25)/t14-/m1/s1. The molecule has 6 nitrogen and oxygen atoms in total. The van der Waals surface area contributed by atoms with Crippen LogP contribution in [0.4, 0.5) is 16.2 Å². The normalized spacial score (nSPS) is 23.2. The van der Waals surface area contributed by atoms with E-state index in [9.17, 15) is 9.59 Å². The Balaban J connectivity index is 1.30. The molecule has 1 aromatic rings. The summed E-state index contributed by atoms with van der Waals surface area (Å²) < 4.78 is 0. The van der Waals surface area contributed by atoms with Crippen LogP contribution in [-0.4, -0.2) is 49.1 Å². The summed E-state index contributed by atoms with van der Waals surface area (Å²) in [5, 5.41) is 5.92. The van der Waals surface area contributed by atoms with Crippen LogP contribution in [0.5, 0.6) is 0 Å². The third kappa shape index (κ3) is 3.72. The summed E-state index contributed by atoms with van der Waals surface area (Å²) in [6.45, 7) is 3.42. The Kier molecular flexibility index (Phi) is 4.51. The van der Waals surface area contributed by atoms with E-state index in [4.69, 9.17) is 0 Å². The van der Waals surface area contributed by atoms with E-state index in [0.29, 0.717) is 19.0 Å². The highest BCUT2D eigenvalue weighted by Gasteiger charge is 2.39. The van der Waals surface area contributed by atoms with Crippen molar-refractivity contribution < 1.29 is 9.59 Å². The fourth-order valence-electron chi connectivity index (χ4n) is 3.90. The predicted molar refractivity (Wildman–Crippen MR) is 97.8 cm³/mol. The van der Waals surface area contributed by atoms with Crippen molar-refractivity contribution in [3.8, 4) is 0 Å². The monoisotopic (exact) mass is 342 g/mol. The summed E-state index contributed by atoms with van der Waals surface area (Å²) in [4.78, 5) is 28.6. The molecule has 0 bridgehead atoms. The number of carbonyl (C=O) groups is 2. The van der Waals surface area contributed by atoms with E-state index >= 15 is 0 Å². The van der Waals surface area contributed by atoms with E-state index in [-0.39, 0.29) is 17.9 Å². The smallest absolute Gasteiger partial charge is 0.319 e. The van der Waals surface area contributed by atoms with Crippen LogP contribution < -0.4 is 15.5 Å². The van der Waals surface area contributed by atoms with Crippen molar-refractivity contribution in [1.29, 1.82) is 0 Å². The van der Waals surface area contributed by atoms with Gasteiger partial charge in [-0.1, -0.05) is 12.1 Å². The highest BCUT2D eigenvalue weighted by Crippen LogP contribution is 2.32. The number of carbonyl (C=O) groups excluding carboxylic acids is 2. The predicted octanol–water partition coefficient (Wildman–Crippen LogP) is 2.42. The molecule has 2 aliphatic heterocycles. The van der Waals surface area contributed by atoms with Gasteiger partial charge in [0.15, 0.2) is 0 Å². The first-order valence-corrected chi connectivity index (χ1v) is 9.39. The molecule has 4 rings (SSSR count). The van der Waals surface area contributed by atoms with Crippen LogP contribution in [0.25, 0.3) is 0 Å². The van der Waals surface area contributed by atoms with Crippen molar-refractivity contribution in [3.63, 3.8) is 0 Å². The fraction of sp³-hybridized carbons (Fsp3) is 0.579. The number of para-hydroxylation sites is 2. The van der Waals surface area contributed by atoms with Crippen molar-refractivity contribution in [2.45, 2.75) is 38.1 Å². The molecule has 0 spiro atoms. The maximum Gasteiger partial charge on any atom is 0.319 e. The topological polar surface area (TPSA) is 64.7 Å². The van der Waals surface area contributed by atoms with E-state index in [0.717, 1.165) is 43.9 Å². The van der Waals surface area contributed by atoms with E-state index < -0.39 is 0 Å². The first-order chi connectivity index (χ1) is 12.2. The summed E-state index contributed by atoms with van der Waals surface area (Å²) >= 11 is 0. The van der Waals surface area contributed by atoms with Crippen LogP contribution in [0.1, 0.15) is 32.1 Å². The van der Waals surface area contributed by atoms with E-state index in [1.807, 2.05) is 23.1 Å². The number of hydrogen-bond acceptors (Lipinski definition) is 3. The number of anilines is 2. The Morgan fingerprint density at radius 1 is 1.16 bits per heavy atom. The van der Waals surface area contributed by atoms with Crippen LogP contribution in [0.15, 0.2) is 24.3 Å². The van der Waals surface area contributed by atoms with Gasteiger partial charge in [-0.2, -0.15) is 0 Å². The number of rotatable bonds is 5. The third-order valence-corrected chi connectivity index (χ3v) is 5.38. The lowest BCUT2D eigenvalue weighted by Crippen LogP contribution is -2.35. The van der Waals surface area contributed by atoms with Gasteiger partial charge >= 0.3 is 6.03 Å². The Morgan fingerprint density at radius 3 is 2.68 bits per heavy atom. The average molecular weight is 342 g/mol. The van der Waals surface area contributed by atoms with Gasteiger partial charge in [0.1, 0.15) is 0 Å². The third-order valence-electron chi connectivity index (χ3n) is 5.38. The van der Waals surface area contributed by atoms with Gasteiger partial charge in [-0.3, -0.25) is 4.79 Å². The molecular formula is C19H26N4O2. The van der Waals surface area contributed by atoms with Crippen LogP contribution in [0.2, 0.25) is 0 Å². The largest absolute Gasteiger partial charge is 0.370 e. The van der Waals surface area contributed by atoms with Gasteiger partial charge in [-0.05, 0) is 37.8 Å². The molecule has 0 unspecified atom stereocenters. The molecule has 25 heavy (non-hydrogen) atoms. The molecule has 0 radical (unpaired) electrons. The molecule has 1 aliphatic carbocycles. The van der Waals surface area contributed by atoms with Crippen molar-refractivity contribution in [3.05, 3.63) is 24.3 Å². The minimum Gasteiger partial charge on any atom is -0.370 e. The summed E-state index contributed by atoms with van der Waals surface area (Å²) in [6, 6.07) is 8.24. The summed E-state index contributed by atoms with van der Waals surface area (Å²) in [7, 11) is 0. The number of nitrogens with zero attached hydrogens (tertiary/aromatic N) is 2. The van der Waals surface area contributed by atoms with Crippen molar-refractivity contribution in [2.75, 3.05) is 36.4 Å². The molecule has 0 aromatic heterocycles. The van der Waals surface area contributed by atoms with Gasteiger partial charge in [0, 0.05) is 44.6 Å². The number of urea groups is 1. The quantitative estimate of drug-likeness (QED) is 0.864. The van der Waals surface area contributed by atoms with E-state index in [1.54, 1.807) is 0 Å². The molecule has 1 aromatic carbocycles. The Bertz CT molecular complexity index is 653. The molecule has 2 N–H and O–H groups in total. The number of likely N-dealkylation sites (tertiary alicyclic amines) is 1. The van der Waals surface area contributed by atoms with Gasteiger partial charge in [0.2, 0.25) is 5.91 Å². The SMILES string of the molecule is O=C(NC[C@H]1CC(=O)N(C2CC2)C1)Nc1ccccc1N1CCCC1. The van der Waals surface area contributed by atoms with Crippen molar-refractivity contribution in [2.24, 2.45) is 5.92 Å². The van der Waals surface area contributed by atoms with Crippen LogP contribution in [0, 0.1) is 5.92 Å². The average Bonchev–Trinajstić information content (AvgIpc) is 3.16. The molecule has 1 atom stereocenters. The Labute approximate surface area is 148 Å². The molecular weight excluding hydrogens is 316 g/mol. The van der Waals surface area contributed by atoms with Crippen molar-refractivity contribution in [1.82, 2.24) is 10.2 Å². The fourth-order valence-corrected chi connectivity index (χ4v) is 3.90.